The first kappa shape index (κ1) is 35.1. The van der Waals surface area contributed by atoms with Crippen molar-refractivity contribution in [3.63, 3.8) is 0 Å². The first-order chi connectivity index (χ1) is 26.0. The lowest BCUT2D eigenvalue weighted by molar-refractivity contribution is 0.103. The first-order valence-corrected chi connectivity index (χ1v) is 18.6. The van der Waals surface area contributed by atoms with E-state index in [2.05, 4.69) is 184 Å². The van der Waals surface area contributed by atoms with Crippen molar-refractivity contribution in [1.82, 2.24) is 0 Å². The molecule has 0 unspecified atom stereocenters. The molecule has 0 N–H and O–H groups in total. The van der Waals surface area contributed by atoms with Gasteiger partial charge in [-0.3, -0.25) is 4.79 Å². The number of unbranched alkanes of at least 4 members (excludes halogenated alkanes) is 1. The quantitative estimate of drug-likeness (QED) is 0.109. The van der Waals surface area contributed by atoms with Crippen LogP contribution in [0.5, 0.6) is 0 Å². The second-order valence-electron chi connectivity index (χ2n) is 13.5. The molecule has 0 aliphatic heterocycles. The molecule has 0 heterocycles. The molecule has 0 amide bonds. The van der Waals surface area contributed by atoms with Gasteiger partial charge in [-0.2, -0.15) is 0 Å². The van der Waals surface area contributed by atoms with Gasteiger partial charge < -0.3 is 0 Å². The van der Waals surface area contributed by atoms with E-state index in [0.717, 1.165) is 90.8 Å². The van der Waals surface area contributed by atoms with Gasteiger partial charge in [-0.1, -0.05) is 153 Å². The Morgan fingerprint density at radius 3 is 1.60 bits per heavy atom. The van der Waals surface area contributed by atoms with E-state index in [1.807, 2.05) is 25.1 Å². The maximum atomic E-state index is 14.7. The Morgan fingerprint density at radius 2 is 1.08 bits per heavy atom. The summed E-state index contributed by atoms with van der Waals surface area (Å²) in [6, 6.07) is 51.3. The molecule has 0 atom stereocenters. The highest BCUT2D eigenvalue weighted by Gasteiger charge is 2.19. The van der Waals surface area contributed by atoms with Crippen molar-refractivity contribution in [1.29, 1.82) is 0 Å². The summed E-state index contributed by atoms with van der Waals surface area (Å²) < 4.78 is 0. The van der Waals surface area contributed by atoms with Crippen LogP contribution in [-0.4, -0.2) is 5.78 Å². The third kappa shape index (κ3) is 7.96. The smallest absolute Gasteiger partial charge is 0.193 e. The average Bonchev–Trinajstić information content (AvgIpc) is 3.22. The lowest BCUT2D eigenvalue weighted by Crippen LogP contribution is -2.07. The summed E-state index contributed by atoms with van der Waals surface area (Å²) >= 11 is 0. The molecule has 1 heteroatoms. The molecule has 0 bridgehead atoms. The van der Waals surface area contributed by atoms with Crippen LogP contribution >= 0.6 is 0 Å². The van der Waals surface area contributed by atoms with Gasteiger partial charge in [0.25, 0.3) is 0 Å². The molecule has 1 nitrogen and oxygen atoms in total. The minimum absolute atomic E-state index is 0.0437. The minimum atomic E-state index is 0.0437. The van der Waals surface area contributed by atoms with Crippen LogP contribution in [0.3, 0.4) is 0 Å². The van der Waals surface area contributed by atoms with Crippen LogP contribution in [0.25, 0.3) is 61.7 Å². The Balaban J connectivity index is 1.36. The van der Waals surface area contributed by atoms with Gasteiger partial charge in [0.05, 0.1) is 0 Å². The molecule has 1 aliphatic rings. The molecule has 0 spiro atoms. The van der Waals surface area contributed by atoms with Crippen LogP contribution in [-0.2, 0) is 0 Å². The van der Waals surface area contributed by atoms with Crippen molar-refractivity contribution in [2.45, 2.75) is 33.6 Å². The zero-order chi connectivity index (χ0) is 36.6. The zero-order valence-electron chi connectivity index (χ0n) is 30.7. The molecule has 0 fully saturated rings. The number of hydrogen-bond donors (Lipinski definition) is 0. The molecule has 0 radical (unpaired) electrons. The number of allylic oxidation sites excluding steroid dienone is 9. The second kappa shape index (κ2) is 16.4. The molecule has 258 valence electrons. The fourth-order valence-corrected chi connectivity index (χ4v) is 7.01. The Morgan fingerprint density at radius 1 is 0.547 bits per heavy atom. The first-order valence-electron chi connectivity index (χ1n) is 18.6. The standard InChI is InChI=1S/C52H44O/c1-4-7-18-44-29-42(49-33-47(39-21-13-9-14-22-39)32-48(34-49)40-23-15-10-16-24-40)27-25-41-26-28-43(36-51(41)52(44)53)50-31-45(37(6-3)17-5-2)30-46(35-50)38-19-11-8-12-20-38/h5-6,8-36H,4,7H2,1-3H3/b17-5-,27-25-,37-6+,42-29+,44-18-. The van der Waals surface area contributed by atoms with Crippen molar-refractivity contribution >= 4 is 23.0 Å². The molecule has 6 aromatic carbocycles. The van der Waals surface area contributed by atoms with Gasteiger partial charge in [0.15, 0.2) is 5.78 Å². The minimum Gasteiger partial charge on any atom is -0.289 e. The molecule has 0 saturated carbocycles. The molecule has 53 heavy (non-hydrogen) atoms. The molecule has 6 aromatic rings. The van der Waals surface area contributed by atoms with Crippen molar-refractivity contribution < 1.29 is 4.79 Å². The fourth-order valence-electron chi connectivity index (χ4n) is 7.01. The van der Waals surface area contributed by atoms with E-state index in [1.165, 1.54) is 0 Å². The monoisotopic (exact) mass is 684 g/mol. The zero-order valence-corrected chi connectivity index (χ0v) is 30.7. The molecule has 7 rings (SSSR count). The van der Waals surface area contributed by atoms with E-state index in [4.69, 9.17) is 0 Å². The number of ketones is 1. The van der Waals surface area contributed by atoms with Crippen LogP contribution in [0.4, 0.5) is 0 Å². The molecular formula is C52H44O. The largest absolute Gasteiger partial charge is 0.289 e. The summed E-state index contributed by atoms with van der Waals surface area (Å²) in [5.74, 6) is 0.0437. The van der Waals surface area contributed by atoms with Crippen LogP contribution in [0, 0.1) is 0 Å². The van der Waals surface area contributed by atoms with Gasteiger partial charge >= 0.3 is 0 Å². The van der Waals surface area contributed by atoms with Crippen LogP contribution in [0.15, 0.2) is 188 Å². The van der Waals surface area contributed by atoms with Gasteiger partial charge in [0.1, 0.15) is 0 Å². The van der Waals surface area contributed by atoms with Gasteiger partial charge in [-0.05, 0) is 141 Å². The highest BCUT2D eigenvalue weighted by molar-refractivity contribution is 6.15. The highest BCUT2D eigenvalue weighted by Crippen LogP contribution is 2.36. The fraction of sp³-hybridized carbons (Fsp3) is 0.0962. The SMILES string of the molecule is C/C=C\C(=C/C)c1cc(-c2ccccc2)cc(-c2ccc3c(c2)C(=O)C(=C\CCC)/C=C(c2cc(-c4ccccc4)cc(-c4ccccc4)c2)\C=C/3)c1. The maximum absolute atomic E-state index is 14.7. The normalized spacial score (nSPS) is 15.5. The van der Waals surface area contributed by atoms with Crippen molar-refractivity contribution in [2.75, 3.05) is 0 Å². The number of benzene rings is 6. The Bertz CT molecular complexity index is 2340. The topological polar surface area (TPSA) is 17.1 Å². The predicted molar refractivity (Wildman–Crippen MR) is 227 cm³/mol. The number of carbonyl (C=O) groups excluding carboxylic acids is 1. The Kier molecular flexibility index (Phi) is 10.8. The third-order valence-electron chi connectivity index (χ3n) is 9.81. The summed E-state index contributed by atoms with van der Waals surface area (Å²) in [5.41, 5.74) is 15.7. The second-order valence-corrected chi connectivity index (χ2v) is 13.5. The summed E-state index contributed by atoms with van der Waals surface area (Å²) in [4.78, 5) is 14.7. The summed E-state index contributed by atoms with van der Waals surface area (Å²) in [6.07, 6.45) is 16.6. The third-order valence-corrected chi connectivity index (χ3v) is 9.81. The number of rotatable bonds is 9. The number of fused-ring (bicyclic) bond motifs is 1. The Hall–Kier alpha value is -6.31. The lowest BCUT2D eigenvalue weighted by atomic mass is 9.87. The molecule has 0 aromatic heterocycles. The van der Waals surface area contributed by atoms with Crippen LogP contribution < -0.4 is 0 Å². The Labute approximate surface area is 314 Å². The molecular weight excluding hydrogens is 641 g/mol. The number of carbonyl (C=O) groups is 1. The summed E-state index contributed by atoms with van der Waals surface area (Å²) in [5, 5.41) is 0. The van der Waals surface area contributed by atoms with E-state index in [1.54, 1.807) is 0 Å². The molecule has 1 aliphatic carbocycles. The number of hydrogen-bond acceptors (Lipinski definition) is 1. The van der Waals surface area contributed by atoms with Crippen molar-refractivity contribution in [3.05, 3.63) is 210 Å². The van der Waals surface area contributed by atoms with Gasteiger partial charge in [-0.25, -0.2) is 0 Å². The molecule has 0 saturated heterocycles. The van der Waals surface area contributed by atoms with Gasteiger partial charge in [0, 0.05) is 11.1 Å². The van der Waals surface area contributed by atoms with Crippen molar-refractivity contribution in [3.8, 4) is 44.5 Å². The van der Waals surface area contributed by atoms with E-state index < -0.39 is 0 Å². The van der Waals surface area contributed by atoms with E-state index in [-0.39, 0.29) is 5.78 Å². The number of Topliss-reactive ketones (excluding diaryl/α,β-unsaturated/α-hetero) is 1. The maximum Gasteiger partial charge on any atom is 0.193 e. The van der Waals surface area contributed by atoms with E-state index in [0.29, 0.717) is 5.56 Å². The lowest BCUT2D eigenvalue weighted by Gasteiger charge is -2.17. The summed E-state index contributed by atoms with van der Waals surface area (Å²) in [6.45, 7) is 6.28. The van der Waals surface area contributed by atoms with Crippen LogP contribution in [0.1, 0.15) is 60.7 Å². The van der Waals surface area contributed by atoms with Crippen molar-refractivity contribution in [2.24, 2.45) is 0 Å². The van der Waals surface area contributed by atoms with Crippen LogP contribution in [0.2, 0.25) is 0 Å². The van der Waals surface area contributed by atoms with E-state index >= 15 is 0 Å². The van der Waals surface area contributed by atoms with E-state index in [9.17, 15) is 4.79 Å². The predicted octanol–water partition coefficient (Wildman–Crippen LogP) is 14.4. The van der Waals surface area contributed by atoms with Gasteiger partial charge in [-0.15, -0.1) is 0 Å². The summed E-state index contributed by atoms with van der Waals surface area (Å²) in [7, 11) is 0. The average molecular weight is 685 g/mol. The highest BCUT2D eigenvalue weighted by atomic mass is 16.1. The van der Waals surface area contributed by atoms with Gasteiger partial charge in [0.2, 0.25) is 0 Å².